The first kappa shape index (κ1) is 9.89. The van der Waals surface area contributed by atoms with Crippen LogP contribution in [0, 0.1) is 22.0 Å². The SMILES string of the molecule is O=[N+]([O-])C1C=CC2C(C1)C2OC(O)Cl. The molecule has 5 atom stereocenters. The van der Waals surface area contributed by atoms with Gasteiger partial charge in [0, 0.05) is 23.2 Å². The van der Waals surface area contributed by atoms with E-state index in [-0.39, 0.29) is 22.9 Å². The molecule has 0 aromatic carbocycles. The second kappa shape index (κ2) is 3.49. The van der Waals surface area contributed by atoms with Gasteiger partial charge in [0.15, 0.2) is 0 Å². The number of nitrogens with zero attached hydrogens (tertiary/aromatic N) is 1. The summed E-state index contributed by atoms with van der Waals surface area (Å²) in [5.74, 6) is -0.976. The van der Waals surface area contributed by atoms with E-state index in [2.05, 4.69) is 0 Å². The molecule has 1 saturated carbocycles. The van der Waals surface area contributed by atoms with Crippen LogP contribution in [0.5, 0.6) is 0 Å². The van der Waals surface area contributed by atoms with Crippen molar-refractivity contribution in [1.82, 2.24) is 0 Å². The lowest BCUT2D eigenvalue weighted by atomic mass is 10.0. The first-order valence-electron chi connectivity index (χ1n) is 4.39. The molecule has 2 aliphatic carbocycles. The number of rotatable bonds is 3. The predicted octanol–water partition coefficient (Wildman–Crippen LogP) is 0.737. The smallest absolute Gasteiger partial charge is 0.234 e. The van der Waals surface area contributed by atoms with Gasteiger partial charge in [-0.2, -0.15) is 0 Å². The highest BCUT2D eigenvalue weighted by atomic mass is 35.5. The average Bonchev–Trinajstić information content (AvgIpc) is 2.77. The zero-order valence-electron chi connectivity index (χ0n) is 7.25. The Hall–Kier alpha value is -0.650. The Labute approximate surface area is 85.5 Å². The maximum Gasteiger partial charge on any atom is 0.234 e. The highest BCUT2D eigenvalue weighted by molar-refractivity contribution is 6.18. The van der Waals surface area contributed by atoms with Crippen molar-refractivity contribution in [2.45, 2.75) is 24.3 Å². The van der Waals surface area contributed by atoms with Gasteiger partial charge in [0.05, 0.1) is 6.10 Å². The third-order valence-electron chi connectivity index (χ3n) is 2.76. The number of halogens is 1. The summed E-state index contributed by atoms with van der Waals surface area (Å²) in [6.45, 7) is 0. The summed E-state index contributed by atoms with van der Waals surface area (Å²) < 4.78 is 4.98. The first-order chi connectivity index (χ1) is 6.59. The van der Waals surface area contributed by atoms with E-state index in [1.807, 2.05) is 0 Å². The second-order valence-electron chi connectivity index (χ2n) is 3.61. The summed E-state index contributed by atoms with van der Waals surface area (Å²) in [4.78, 5) is 10.2. The quantitative estimate of drug-likeness (QED) is 0.250. The molecule has 5 nitrogen and oxygen atoms in total. The summed E-state index contributed by atoms with van der Waals surface area (Å²) in [6, 6.07) is -0.614. The van der Waals surface area contributed by atoms with E-state index in [4.69, 9.17) is 21.4 Å². The summed E-state index contributed by atoms with van der Waals surface area (Å²) in [5.41, 5.74) is 0. The molecular formula is C8H10ClNO4. The molecule has 0 spiro atoms. The van der Waals surface area contributed by atoms with Gasteiger partial charge in [-0.3, -0.25) is 10.1 Å². The van der Waals surface area contributed by atoms with Crippen molar-refractivity contribution in [1.29, 1.82) is 0 Å². The fourth-order valence-electron chi connectivity index (χ4n) is 2.00. The van der Waals surface area contributed by atoms with Crippen molar-refractivity contribution in [3.8, 4) is 0 Å². The van der Waals surface area contributed by atoms with E-state index in [0.717, 1.165) is 0 Å². The Balaban J connectivity index is 1.92. The van der Waals surface area contributed by atoms with Gasteiger partial charge in [-0.15, -0.1) is 0 Å². The number of ether oxygens (including phenoxy) is 1. The summed E-state index contributed by atoms with van der Waals surface area (Å²) in [6.07, 6.45) is 3.70. The van der Waals surface area contributed by atoms with E-state index in [1.54, 1.807) is 12.2 Å². The van der Waals surface area contributed by atoms with Crippen LogP contribution in [0.3, 0.4) is 0 Å². The molecular weight excluding hydrogens is 210 g/mol. The van der Waals surface area contributed by atoms with Crippen molar-refractivity contribution in [3.05, 3.63) is 22.3 Å². The first-order valence-corrected chi connectivity index (χ1v) is 4.82. The topological polar surface area (TPSA) is 72.6 Å². The highest BCUT2D eigenvalue weighted by Gasteiger charge is 2.54. The average molecular weight is 220 g/mol. The molecule has 0 saturated heterocycles. The molecule has 0 radical (unpaired) electrons. The van der Waals surface area contributed by atoms with Crippen LogP contribution in [-0.4, -0.2) is 27.9 Å². The molecule has 0 heterocycles. The summed E-state index contributed by atoms with van der Waals surface area (Å²) >= 11 is 5.25. The Morgan fingerprint density at radius 2 is 2.36 bits per heavy atom. The number of hydrogen-bond donors (Lipinski definition) is 1. The van der Waals surface area contributed by atoms with E-state index >= 15 is 0 Å². The lowest BCUT2D eigenvalue weighted by Crippen LogP contribution is -2.19. The third-order valence-corrected chi connectivity index (χ3v) is 2.87. The van der Waals surface area contributed by atoms with Crippen molar-refractivity contribution in [2.75, 3.05) is 0 Å². The molecule has 1 fully saturated rings. The molecule has 0 bridgehead atoms. The van der Waals surface area contributed by atoms with E-state index in [9.17, 15) is 10.1 Å². The van der Waals surface area contributed by atoms with Gasteiger partial charge in [-0.1, -0.05) is 17.7 Å². The predicted molar refractivity (Wildman–Crippen MR) is 48.3 cm³/mol. The van der Waals surface area contributed by atoms with Gasteiger partial charge >= 0.3 is 0 Å². The number of alkyl halides is 1. The molecule has 2 rings (SSSR count). The molecule has 1 N–H and O–H groups in total. The van der Waals surface area contributed by atoms with Crippen molar-refractivity contribution >= 4 is 11.6 Å². The second-order valence-corrected chi connectivity index (χ2v) is 3.98. The van der Waals surface area contributed by atoms with Gasteiger partial charge in [0.25, 0.3) is 0 Å². The number of aliphatic hydroxyl groups excluding tert-OH is 1. The molecule has 5 unspecified atom stereocenters. The monoisotopic (exact) mass is 219 g/mol. The van der Waals surface area contributed by atoms with Crippen LogP contribution < -0.4 is 0 Å². The molecule has 0 amide bonds. The lowest BCUT2D eigenvalue weighted by Gasteiger charge is -2.06. The Morgan fingerprint density at radius 3 is 2.93 bits per heavy atom. The molecule has 0 aliphatic heterocycles. The van der Waals surface area contributed by atoms with Gasteiger partial charge in [-0.05, 0) is 6.08 Å². The van der Waals surface area contributed by atoms with Crippen LogP contribution in [-0.2, 0) is 4.74 Å². The van der Waals surface area contributed by atoms with Gasteiger partial charge in [0.2, 0.25) is 11.8 Å². The Kier molecular flexibility index (Phi) is 2.47. The summed E-state index contributed by atoms with van der Waals surface area (Å²) in [7, 11) is 0. The largest absolute Gasteiger partial charge is 0.356 e. The zero-order chi connectivity index (χ0) is 10.3. The van der Waals surface area contributed by atoms with E-state index in [0.29, 0.717) is 6.42 Å². The van der Waals surface area contributed by atoms with E-state index in [1.165, 1.54) is 0 Å². The Bertz CT molecular complexity index is 281. The lowest BCUT2D eigenvalue weighted by molar-refractivity contribution is -0.511. The van der Waals surface area contributed by atoms with Crippen molar-refractivity contribution < 1.29 is 14.8 Å². The zero-order valence-corrected chi connectivity index (χ0v) is 8.00. The third kappa shape index (κ3) is 1.75. The minimum Gasteiger partial charge on any atom is -0.356 e. The number of hydrogen-bond acceptors (Lipinski definition) is 4. The van der Waals surface area contributed by atoms with Crippen LogP contribution >= 0.6 is 11.6 Å². The Morgan fingerprint density at radius 1 is 1.64 bits per heavy atom. The minimum absolute atomic E-state index is 0.142. The molecule has 14 heavy (non-hydrogen) atoms. The minimum atomic E-state index is -1.31. The van der Waals surface area contributed by atoms with E-state index < -0.39 is 11.8 Å². The van der Waals surface area contributed by atoms with Crippen LogP contribution in [0.2, 0.25) is 0 Å². The number of aliphatic hydroxyl groups is 1. The molecule has 0 aromatic rings. The maximum atomic E-state index is 10.5. The fourth-order valence-corrected chi connectivity index (χ4v) is 2.12. The van der Waals surface area contributed by atoms with Gasteiger partial charge in [0.1, 0.15) is 0 Å². The highest BCUT2D eigenvalue weighted by Crippen LogP contribution is 2.49. The number of fused-ring (bicyclic) bond motifs is 1. The molecule has 78 valence electrons. The summed E-state index contributed by atoms with van der Waals surface area (Å²) in [5, 5.41) is 19.3. The van der Waals surface area contributed by atoms with Crippen molar-refractivity contribution in [3.63, 3.8) is 0 Å². The standard InChI is InChI=1S/C8H10ClNO4/c9-8(11)14-7-5-2-1-4(10(12)13)3-6(5)7/h1-2,4-8,11H,3H2. The van der Waals surface area contributed by atoms with Gasteiger partial charge in [-0.25, -0.2) is 0 Å². The van der Waals surface area contributed by atoms with Crippen LogP contribution in [0.15, 0.2) is 12.2 Å². The normalized spacial score (nSPS) is 41.6. The van der Waals surface area contributed by atoms with Gasteiger partial charge < -0.3 is 9.84 Å². The molecule has 0 aromatic heterocycles. The van der Waals surface area contributed by atoms with Crippen LogP contribution in [0.4, 0.5) is 0 Å². The fraction of sp³-hybridized carbons (Fsp3) is 0.750. The van der Waals surface area contributed by atoms with Crippen molar-refractivity contribution in [2.24, 2.45) is 11.8 Å². The molecule has 6 heteroatoms. The maximum absolute atomic E-state index is 10.5. The van der Waals surface area contributed by atoms with Crippen LogP contribution in [0.1, 0.15) is 6.42 Å². The molecule has 2 aliphatic rings. The number of nitro groups is 1. The van der Waals surface area contributed by atoms with Crippen LogP contribution in [0.25, 0.3) is 0 Å².